The van der Waals surface area contributed by atoms with Gasteiger partial charge in [-0.1, -0.05) is 13.8 Å². The number of hydrogen-bond donors (Lipinski definition) is 1. The first-order valence-corrected chi connectivity index (χ1v) is 11.2. The van der Waals surface area contributed by atoms with Crippen molar-refractivity contribution in [2.75, 3.05) is 14.1 Å². The molecule has 144 valence electrons. The lowest BCUT2D eigenvalue weighted by Gasteiger charge is -2.61. The number of hydrogen-bond acceptors (Lipinski definition) is 2. The molecule has 0 aromatic rings. The molecule has 4 aliphatic rings. The lowest BCUT2D eigenvalue weighted by molar-refractivity contribution is -0.116. The van der Waals surface area contributed by atoms with E-state index < -0.39 is 0 Å². The Hall–Kier alpha value is -0.0800. The lowest BCUT2D eigenvalue weighted by atomic mass is 9.44. The molecule has 0 radical (unpaired) electrons. The van der Waals surface area contributed by atoms with Crippen molar-refractivity contribution >= 4 is 0 Å². The molecule has 0 heterocycles. The van der Waals surface area contributed by atoms with Crippen molar-refractivity contribution in [2.45, 2.75) is 90.6 Å². The number of fused-ring (bicyclic) bond motifs is 5. The van der Waals surface area contributed by atoms with Gasteiger partial charge in [0.15, 0.2) is 0 Å². The molecule has 25 heavy (non-hydrogen) atoms. The van der Waals surface area contributed by atoms with Crippen LogP contribution >= 0.6 is 0 Å². The van der Waals surface area contributed by atoms with Crippen LogP contribution < -0.4 is 5.73 Å². The maximum atomic E-state index is 6.35. The summed E-state index contributed by atoms with van der Waals surface area (Å²) in [6.45, 7) is 7.82. The summed E-state index contributed by atoms with van der Waals surface area (Å²) in [4.78, 5) is 2.48. The van der Waals surface area contributed by atoms with Gasteiger partial charge in [0.1, 0.15) is 0 Å². The fourth-order valence-electron chi connectivity index (χ4n) is 8.48. The minimum Gasteiger partial charge on any atom is -0.328 e. The molecule has 0 bridgehead atoms. The molecular formula is C23H42N2. The highest BCUT2D eigenvalue weighted by Crippen LogP contribution is 2.67. The first-order valence-electron chi connectivity index (χ1n) is 11.2. The molecule has 0 aromatic carbocycles. The van der Waals surface area contributed by atoms with Crippen LogP contribution in [0, 0.1) is 40.4 Å². The Morgan fingerprint density at radius 1 is 0.880 bits per heavy atom. The fraction of sp³-hybridized carbons (Fsp3) is 1.00. The monoisotopic (exact) mass is 346 g/mol. The topological polar surface area (TPSA) is 29.3 Å². The van der Waals surface area contributed by atoms with Gasteiger partial charge in [0, 0.05) is 12.1 Å². The van der Waals surface area contributed by atoms with Crippen molar-refractivity contribution in [3.8, 4) is 0 Å². The van der Waals surface area contributed by atoms with E-state index in [1.54, 1.807) is 0 Å². The normalized spacial score (nSPS) is 53.9. The Balaban J connectivity index is 1.58. The van der Waals surface area contributed by atoms with Gasteiger partial charge >= 0.3 is 0 Å². The smallest absolute Gasteiger partial charge is 0.00944 e. The summed E-state index contributed by atoms with van der Waals surface area (Å²) in [5, 5.41) is 0. The maximum Gasteiger partial charge on any atom is 0.00944 e. The molecule has 4 aliphatic carbocycles. The summed E-state index contributed by atoms with van der Waals surface area (Å²) >= 11 is 0. The van der Waals surface area contributed by atoms with Gasteiger partial charge in [-0.3, -0.25) is 0 Å². The van der Waals surface area contributed by atoms with E-state index in [1.165, 1.54) is 57.8 Å². The Labute approximate surface area is 156 Å². The predicted octanol–water partition coefficient (Wildman–Crippen LogP) is 4.92. The zero-order valence-electron chi connectivity index (χ0n) is 17.4. The van der Waals surface area contributed by atoms with E-state index in [-0.39, 0.29) is 0 Å². The first-order chi connectivity index (χ1) is 11.8. The number of nitrogens with two attached hydrogens (primary N) is 1. The van der Waals surface area contributed by atoms with Crippen molar-refractivity contribution in [3.63, 3.8) is 0 Å². The Morgan fingerprint density at radius 3 is 2.28 bits per heavy atom. The van der Waals surface area contributed by atoms with Crippen LogP contribution in [-0.4, -0.2) is 31.1 Å². The highest BCUT2D eigenvalue weighted by Gasteiger charge is 2.60. The summed E-state index contributed by atoms with van der Waals surface area (Å²) in [7, 11) is 4.56. The molecule has 2 nitrogen and oxygen atoms in total. The second-order valence-corrected chi connectivity index (χ2v) is 11.1. The third kappa shape index (κ3) is 2.64. The van der Waals surface area contributed by atoms with Gasteiger partial charge in [-0.15, -0.1) is 0 Å². The van der Waals surface area contributed by atoms with Crippen molar-refractivity contribution in [3.05, 3.63) is 0 Å². The molecule has 0 saturated heterocycles. The zero-order valence-corrected chi connectivity index (χ0v) is 17.4. The van der Waals surface area contributed by atoms with Crippen LogP contribution in [0.5, 0.6) is 0 Å². The van der Waals surface area contributed by atoms with Gasteiger partial charge in [-0.25, -0.2) is 0 Å². The third-order valence-electron chi connectivity index (χ3n) is 10.2. The van der Waals surface area contributed by atoms with E-state index in [4.69, 9.17) is 5.73 Å². The van der Waals surface area contributed by atoms with Crippen molar-refractivity contribution in [1.29, 1.82) is 0 Å². The molecule has 0 unspecified atom stereocenters. The van der Waals surface area contributed by atoms with Crippen LogP contribution in [0.1, 0.15) is 78.6 Å². The highest BCUT2D eigenvalue weighted by atomic mass is 15.1. The summed E-state index contributed by atoms with van der Waals surface area (Å²) in [6.07, 6.45) is 12.9. The summed E-state index contributed by atoms with van der Waals surface area (Å²) < 4.78 is 0. The summed E-state index contributed by atoms with van der Waals surface area (Å²) in [5.41, 5.74) is 7.55. The van der Waals surface area contributed by atoms with Crippen LogP contribution in [0.3, 0.4) is 0 Å². The first kappa shape index (κ1) is 18.3. The van der Waals surface area contributed by atoms with Crippen LogP contribution in [0.2, 0.25) is 0 Å². The Morgan fingerprint density at radius 2 is 1.56 bits per heavy atom. The minimum atomic E-state index is 0.486. The Kier molecular flexibility index (Phi) is 4.56. The van der Waals surface area contributed by atoms with Gasteiger partial charge in [0.2, 0.25) is 0 Å². The van der Waals surface area contributed by atoms with Gasteiger partial charge in [-0.05, 0) is 119 Å². The molecule has 0 spiro atoms. The van der Waals surface area contributed by atoms with E-state index in [0.29, 0.717) is 16.9 Å². The van der Waals surface area contributed by atoms with E-state index >= 15 is 0 Å². The van der Waals surface area contributed by atoms with E-state index in [0.717, 1.165) is 35.6 Å². The second kappa shape index (κ2) is 6.23. The van der Waals surface area contributed by atoms with Crippen molar-refractivity contribution < 1.29 is 0 Å². The third-order valence-corrected chi connectivity index (χ3v) is 10.2. The van der Waals surface area contributed by atoms with Gasteiger partial charge in [0.05, 0.1) is 0 Å². The number of nitrogens with zero attached hydrogens (tertiary/aromatic N) is 1. The molecule has 2 N–H and O–H groups in total. The molecule has 4 saturated carbocycles. The predicted molar refractivity (Wildman–Crippen MR) is 106 cm³/mol. The minimum absolute atomic E-state index is 0.486. The average Bonchev–Trinajstić information content (AvgIpc) is 2.92. The van der Waals surface area contributed by atoms with Crippen LogP contribution in [-0.2, 0) is 0 Å². The maximum absolute atomic E-state index is 6.35. The largest absolute Gasteiger partial charge is 0.328 e. The quantitative estimate of drug-likeness (QED) is 0.768. The molecule has 0 aromatic heterocycles. The van der Waals surface area contributed by atoms with Gasteiger partial charge in [0.25, 0.3) is 0 Å². The molecule has 0 aliphatic heterocycles. The van der Waals surface area contributed by atoms with Gasteiger partial charge in [-0.2, -0.15) is 0 Å². The van der Waals surface area contributed by atoms with E-state index in [1.807, 2.05) is 0 Å². The molecule has 0 amide bonds. The summed E-state index contributed by atoms with van der Waals surface area (Å²) in [6, 6.07) is 1.21. The van der Waals surface area contributed by atoms with Crippen LogP contribution in [0.25, 0.3) is 0 Å². The fourth-order valence-corrected chi connectivity index (χ4v) is 8.48. The molecule has 4 fully saturated rings. The van der Waals surface area contributed by atoms with Crippen molar-refractivity contribution in [2.24, 2.45) is 46.2 Å². The molecule has 2 heteroatoms. The molecule has 9 atom stereocenters. The second-order valence-electron chi connectivity index (χ2n) is 11.1. The molecular weight excluding hydrogens is 304 g/mol. The zero-order chi connectivity index (χ0) is 18.0. The standard InChI is InChI=1S/C23H42N2/c1-15(25(4)5)19-8-9-20-18-7-6-16-14-17(24)10-12-22(16,2)21(18)11-13-23(19,20)3/h15-21H,6-14,24H2,1-5H3/t15-,16-,17+,18+,19+,20+,21+,22-,23+/m0/s1. The van der Waals surface area contributed by atoms with Crippen LogP contribution in [0.4, 0.5) is 0 Å². The molecule has 4 rings (SSSR count). The summed E-state index contributed by atoms with van der Waals surface area (Å²) in [5.74, 6) is 4.81. The SMILES string of the molecule is C[C@@H]([C@H]1CC[C@@H]2[C@H]3CC[C@H]4C[C@H](N)CC[C@]4(C)[C@@H]3CC[C@@]21C)N(C)C. The van der Waals surface area contributed by atoms with Crippen molar-refractivity contribution in [1.82, 2.24) is 4.90 Å². The van der Waals surface area contributed by atoms with E-state index in [2.05, 4.69) is 39.8 Å². The lowest BCUT2D eigenvalue weighted by Crippen LogP contribution is -2.55. The van der Waals surface area contributed by atoms with E-state index in [9.17, 15) is 0 Å². The number of rotatable bonds is 2. The van der Waals surface area contributed by atoms with Gasteiger partial charge < -0.3 is 10.6 Å². The highest BCUT2D eigenvalue weighted by molar-refractivity contribution is 5.10. The van der Waals surface area contributed by atoms with Crippen LogP contribution in [0.15, 0.2) is 0 Å². The average molecular weight is 347 g/mol. The Bertz CT molecular complexity index is 502.